The molecule has 6 aromatic rings. The summed E-state index contributed by atoms with van der Waals surface area (Å²) in [5.41, 5.74) is 3.64. The lowest BCUT2D eigenvalue weighted by Gasteiger charge is -2.40. The van der Waals surface area contributed by atoms with Gasteiger partial charge in [0, 0.05) is 115 Å². The molecule has 0 saturated carbocycles. The first-order valence-electron chi connectivity index (χ1n) is 24.6. The van der Waals surface area contributed by atoms with Gasteiger partial charge in [-0.15, -0.1) is 0 Å². The second kappa shape index (κ2) is 23.4. The number of piperazine rings is 2. The molecule has 3 fully saturated rings. The number of amides is 4. The maximum Gasteiger partial charge on any atom is 0.274 e. The van der Waals surface area contributed by atoms with Crippen molar-refractivity contribution in [2.45, 2.75) is 38.7 Å². The van der Waals surface area contributed by atoms with Crippen LogP contribution in [0.1, 0.15) is 56.2 Å². The van der Waals surface area contributed by atoms with Crippen LogP contribution in [0, 0.1) is 11.7 Å². The minimum atomic E-state index is -2.51. The molecule has 0 unspecified atom stereocenters. The van der Waals surface area contributed by atoms with Crippen molar-refractivity contribution < 1.29 is 32.3 Å². The van der Waals surface area contributed by atoms with Gasteiger partial charge in [0.15, 0.2) is 5.69 Å². The Kier molecular flexibility index (Phi) is 16.2. The molecule has 3 aliphatic heterocycles. The van der Waals surface area contributed by atoms with E-state index in [0.29, 0.717) is 89.5 Å². The molecule has 0 spiro atoms. The van der Waals surface area contributed by atoms with Crippen molar-refractivity contribution in [3.63, 3.8) is 0 Å². The minimum absolute atomic E-state index is 0.00690. The summed E-state index contributed by atoms with van der Waals surface area (Å²) < 4.78 is 41.5. The van der Waals surface area contributed by atoms with Gasteiger partial charge < -0.3 is 30.2 Å². The fourth-order valence-electron chi connectivity index (χ4n) is 9.80. The number of pyridine rings is 1. The molecule has 3 aliphatic rings. The fraction of sp³-hybridized carbons (Fsp3) is 0.377. The van der Waals surface area contributed by atoms with E-state index in [4.69, 9.17) is 0 Å². The van der Waals surface area contributed by atoms with Crippen molar-refractivity contribution in [3.8, 4) is 11.1 Å². The van der Waals surface area contributed by atoms with E-state index in [1.807, 2.05) is 12.1 Å². The number of aromatic amines is 1. The van der Waals surface area contributed by atoms with Crippen molar-refractivity contribution in [3.05, 3.63) is 148 Å². The Morgan fingerprint density at radius 1 is 0.740 bits per heavy atom. The monoisotopic (exact) mass is 998 g/mol. The third kappa shape index (κ3) is 12.8. The number of benzene rings is 3. The Bertz CT molecular complexity index is 2990. The first-order valence-corrected chi connectivity index (χ1v) is 24.6. The molecule has 4 amide bonds. The van der Waals surface area contributed by atoms with Crippen LogP contribution >= 0.6 is 0 Å². The zero-order chi connectivity index (χ0) is 50.8. The number of likely N-dealkylation sites (tertiary alicyclic amines) is 1. The van der Waals surface area contributed by atoms with Crippen LogP contribution in [-0.2, 0) is 29.0 Å². The highest BCUT2D eigenvalue weighted by molar-refractivity contribution is 6.03. The van der Waals surface area contributed by atoms with Crippen LogP contribution in [-0.4, -0.2) is 165 Å². The molecule has 3 N–H and O–H groups in total. The van der Waals surface area contributed by atoms with Crippen molar-refractivity contribution >= 4 is 40.1 Å². The number of hydrogen-bond acceptors (Lipinski definition) is 12. The normalized spacial score (nSPS) is 16.0. The number of piperidine rings is 1. The molecule has 0 aliphatic carbocycles. The fourth-order valence-corrected chi connectivity index (χ4v) is 9.80. The second-order valence-electron chi connectivity index (χ2n) is 18.8. The summed E-state index contributed by atoms with van der Waals surface area (Å²) in [6, 6.07) is 21.7. The quantitative estimate of drug-likeness (QED) is 0.123. The molecule has 0 bridgehead atoms. The highest BCUT2D eigenvalue weighted by atomic mass is 19.3. The number of nitrogens with one attached hydrogen (secondary N) is 3. The number of hydrogen-bond donors (Lipinski definition) is 3. The van der Waals surface area contributed by atoms with Gasteiger partial charge in [-0.1, -0.05) is 48.5 Å². The first-order chi connectivity index (χ1) is 35.4. The van der Waals surface area contributed by atoms with E-state index in [9.17, 15) is 32.8 Å². The Morgan fingerprint density at radius 2 is 1.48 bits per heavy atom. The molecule has 20 heteroatoms. The highest BCUT2D eigenvalue weighted by Gasteiger charge is 2.31. The van der Waals surface area contributed by atoms with Gasteiger partial charge in [-0.05, 0) is 65.8 Å². The average Bonchev–Trinajstić information content (AvgIpc) is 3.40. The maximum atomic E-state index is 15.1. The lowest BCUT2D eigenvalue weighted by molar-refractivity contribution is -0.134. The van der Waals surface area contributed by atoms with Gasteiger partial charge in [0.25, 0.3) is 17.4 Å². The molecule has 9 rings (SSSR count). The molecule has 3 aromatic heterocycles. The molecule has 0 atom stereocenters. The predicted octanol–water partition coefficient (Wildman–Crippen LogP) is 4.50. The number of carbonyl (C=O) groups is 4. The average molecular weight is 999 g/mol. The number of halogens is 3. The molecule has 3 saturated heterocycles. The third-order valence-corrected chi connectivity index (χ3v) is 13.8. The number of H-pyrrole nitrogens is 1. The standard InChI is InChI=1S/C53H57F3N12O5/c54-44-9-8-37(26-45-41-6-1-2-7-42(41)51(71)63-62-45)25-43(44)52(72)68-22-20-66(21-23-68)49(70)33-65-18-16-64(17-19-65)32-35-11-14-67(15-12-35)53(73)50-46(61-48(69)31-58-30-40-10-13-57-34-60-40)28-39(29-59-50)38-5-3-4-36(24-38)27-47(55)56/h1-10,13,24-25,28-29,34-35,47,58H,11-12,14-23,26-27,30-33H2,(H,61,69)(H,63,71). The Balaban J connectivity index is 0.727. The number of aromatic nitrogens is 5. The summed E-state index contributed by atoms with van der Waals surface area (Å²) in [6.07, 6.45) is 3.52. The third-order valence-electron chi connectivity index (χ3n) is 13.8. The molecule has 3 aromatic carbocycles. The minimum Gasteiger partial charge on any atom is -0.338 e. The number of rotatable bonds is 16. The van der Waals surface area contributed by atoms with E-state index in [1.165, 1.54) is 24.7 Å². The van der Waals surface area contributed by atoms with E-state index >= 15 is 4.39 Å². The predicted molar refractivity (Wildman–Crippen MR) is 267 cm³/mol. The van der Waals surface area contributed by atoms with Crippen LogP contribution in [0.2, 0.25) is 0 Å². The van der Waals surface area contributed by atoms with Crippen molar-refractivity contribution in [1.29, 1.82) is 0 Å². The van der Waals surface area contributed by atoms with E-state index in [-0.39, 0.29) is 60.5 Å². The zero-order valence-corrected chi connectivity index (χ0v) is 40.3. The van der Waals surface area contributed by atoms with Gasteiger partial charge >= 0.3 is 0 Å². The number of carbonyl (C=O) groups excluding carboxylic acids is 4. The lowest BCUT2D eigenvalue weighted by Crippen LogP contribution is -2.55. The first kappa shape index (κ1) is 50.5. The van der Waals surface area contributed by atoms with Crippen LogP contribution in [0.4, 0.5) is 18.9 Å². The van der Waals surface area contributed by atoms with Crippen LogP contribution in [0.25, 0.3) is 21.9 Å². The topological polar surface area (TPSA) is 193 Å². The van der Waals surface area contributed by atoms with Gasteiger partial charge in [-0.2, -0.15) is 5.10 Å². The SMILES string of the molecule is O=C(CNCc1ccncn1)Nc1cc(-c2cccc(CC(F)F)c2)cnc1C(=O)N1CCC(CN2CCN(CC(=O)N3CCN(C(=O)c4cc(Cc5n[nH]c(=O)c6ccccc56)ccc4F)CC3)CC2)CC1. The summed E-state index contributed by atoms with van der Waals surface area (Å²) in [6.45, 7) is 6.74. The highest BCUT2D eigenvalue weighted by Crippen LogP contribution is 2.29. The summed E-state index contributed by atoms with van der Waals surface area (Å²) in [7, 11) is 0. The molecule has 17 nitrogen and oxygen atoms in total. The smallest absolute Gasteiger partial charge is 0.274 e. The van der Waals surface area contributed by atoms with Crippen molar-refractivity contribution in [2.24, 2.45) is 5.92 Å². The maximum absolute atomic E-state index is 15.1. The van der Waals surface area contributed by atoms with Gasteiger partial charge in [0.05, 0.1) is 41.1 Å². The summed E-state index contributed by atoms with van der Waals surface area (Å²) in [5, 5.41) is 13.8. The van der Waals surface area contributed by atoms with Crippen LogP contribution < -0.4 is 16.2 Å². The van der Waals surface area contributed by atoms with Crippen LogP contribution in [0.15, 0.2) is 102 Å². The number of nitrogens with zero attached hydrogens (tertiary/aromatic N) is 9. The molecule has 6 heterocycles. The number of anilines is 1. The van der Waals surface area contributed by atoms with Crippen LogP contribution in [0.5, 0.6) is 0 Å². The van der Waals surface area contributed by atoms with Crippen molar-refractivity contribution in [1.82, 2.24) is 55.0 Å². The van der Waals surface area contributed by atoms with E-state index < -0.39 is 30.5 Å². The van der Waals surface area contributed by atoms with Gasteiger partial charge in [0.1, 0.15) is 12.1 Å². The summed E-state index contributed by atoms with van der Waals surface area (Å²) in [4.78, 5) is 88.9. The van der Waals surface area contributed by atoms with Crippen LogP contribution in [0.3, 0.4) is 0 Å². The Labute approximate surface area is 419 Å². The van der Waals surface area contributed by atoms with E-state index in [2.05, 4.69) is 45.6 Å². The Hall–Kier alpha value is -7.42. The summed E-state index contributed by atoms with van der Waals surface area (Å²) in [5.74, 6) is -1.41. The largest absolute Gasteiger partial charge is 0.338 e. The van der Waals surface area contributed by atoms with Gasteiger partial charge in [0.2, 0.25) is 18.2 Å². The molecular formula is C53H57F3N12O5. The molecule has 380 valence electrons. The molecular weight excluding hydrogens is 942 g/mol. The molecule has 73 heavy (non-hydrogen) atoms. The van der Waals surface area contributed by atoms with Crippen molar-refractivity contribution in [2.75, 3.05) is 90.4 Å². The van der Waals surface area contributed by atoms with E-state index in [1.54, 1.807) is 75.5 Å². The zero-order valence-electron chi connectivity index (χ0n) is 40.3. The summed E-state index contributed by atoms with van der Waals surface area (Å²) >= 11 is 0. The number of alkyl halides is 2. The number of fused-ring (bicyclic) bond motifs is 1. The Morgan fingerprint density at radius 3 is 2.23 bits per heavy atom. The lowest BCUT2D eigenvalue weighted by atomic mass is 9.95. The van der Waals surface area contributed by atoms with Gasteiger partial charge in [-0.3, -0.25) is 28.9 Å². The van der Waals surface area contributed by atoms with E-state index in [0.717, 1.165) is 45.6 Å². The molecule has 0 radical (unpaired) electrons. The van der Waals surface area contributed by atoms with Gasteiger partial charge in [-0.25, -0.2) is 33.2 Å². The second-order valence-corrected chi connectivity index (χ2v) is 18.8.